The summed E-state index contributed by atoms with van der Waals surface area (Å²) in [6.07, 6.45) is 9.67. The topological polar surface area (TPSA) is 3.24 Å². The second kappa shape index (κ2) is 6.47. The van der Waals surface area contributed by atoms with Crippen LogP contribution in [0, 0.1) is 6.54 Å². The first-order chi connectivity index (χ1) is 5.93. The first kappa shape index (κ1) is 10.0. The van der Waals surface area contributed by atoms with E-state index in [2.05, 4.69) is 18.4 Å². The van der Waals surface area contributed by atoms with E-state index < -0.39 is 0 Å². The predicted octanol–water partition coefficient (Wildman–Crippen LogP) is 3.21. The van der Waals surface area contributed by atoms with Gasteiger partial charge in [-0.25, -0.2) is 0 Å². The number of rotatable bonds is 4. The van der Waals surface area contributed by atoms with Gasteiger partial charge in [-0.3, -0.25) is 4.90 Å². The van der Waals surface area contributed by atoms with E-state index in [1.807, 2.05) is 0 Å². The van der Waals surface area contributed by atoms with E-state index in [1.54, 1.807) is 0 Å². The van der Waals surface area contributed by atoms with Crippen LogP contribution < -0.4 is 0 Å². The third-order valence-corrected chi connectivity index (χ3v) is 2.59. The Balaban J connectivity index is 2.04. The van der Waals surface area contributed by atoms with Crippen LogP contribution in [0.2, 0.25) is 0 Å². The number of nitrogens with zero attached hydrogens (tertiary/aromatic N) is 1. The lowest BCUT2D eigenvalue weighted by Crippen LogP contribution is -2.21. The van der Waals surface area contributed by atoms with Crippen LogP contribution >= 0.6 is 0 Å². The standard InChI is InChI=1S/C11H22N/c1-2-3-6-9-12-10-7-4-5-8-11-12/h10H,2-9,11H2,1H3. The van der Waals surface area contributed by atoms with Crippen LogP contribution in [0.5, 0.6) is 0 Å². The average Bonchev–Trinajstić information content (AvgIpc) is 2.33. The number of hydrogen-bond acceptors (Lipinski definition) is 1. The zero-order valence-corrected chi connectivity index (χ0v) is 8.39. The molecule has 1 saturated heterocycles. The molecule has 1 radical (unpaired) electrons. The lowest BCUT2D eigenvalue weighted by Gasteiger charge is -2.18. The van der Waals surface area contributed by atoms with E-state index in [-0.39, 0.29) is 0 Å². The Bertz CT molecular complexity index is 93.2. The smallest absolute Gasteiger partial charge is 0.0251 e. The molecule has 0 aromatic rings. The van der Waals surface area contributed by atoms with Crippen LogP contribution in [-0.4, -0.2) is 18.0 Å². The minimum Gasteiger partial charge on any atom is -0.299 e. The SMILES string of the molecule is CCCCCN1[CH]CCCCC1. The first-order valence-electron chi connectivity index (χ1n) is 5.51. The van der Waals surface area contributed by atoms with Crippen LogP contribution in [0.3, 0.4) is 0 Å². The summed E-state index contributed by atoms with van der Waals surface area (Å²) in [5, 5.41) is 0. The molecule has 0 aliphatic carbocycles. The zero-order chi connectivity index (χ0) is 8.65. The van der Waals surface area contributed by atoms with Crippen molar-refractivity contribution in [2.75, 3.05) is 13.1 Å². The summed E-state index contributed by atoms with van der Waals surface area (Å²) in [7, 11) is 0. The van der Waals surface area contributed by atoms with Gasteiger partial charge in [-0.1, -0.05) is 32.6 Å². The van der Waals surface area contributed by atoms with E-state index >= 15 is 0 Å². The maximum Gasteiger partial charge on any atom is 0.0251 e. The minimum atomic E-state index is 1.30. The van der Waals surface area contributed by atoms with E-state index in [4.69, 9.17) is 0 Å². The molecule has 1 heterocycles. The van der Waals surface area contributed by atoms with Crippen LogP contribution in [-0.2, 0) is 0 Å². The Kier molecular flexibility index (Phi) is 5.42. The van der Waals surface area contributed by atoms with Crippen LogP contribution in [0.15, 0.2) is 0 Å². The van der Waals surface area contributed by atoms with Crippen LogP contribution in [0.1, 0.15) is 51.9 Å². The Morgan fingerprint density at radius 1 is 1.17 bits per heavy atom. The summed E-state index contributed by atoms with van der Waals surface area (Å²) in [5.41, 5.74) is 0. The van der Waals surface area contributed by atoms with Gasteiger partial charge in [0.1, 0.15) is 0 Å². The van der Waals surface area contributed by atoms with Crippen LogP contribution in [0.25, 0.3) is 0 Å². The highest BCUT2D eigenvalue weighted by molar-refractivity contribution is 4.72. The molecule has 0 aromatic carbocycles. The molecule has 0 bridgehead atoms. The molecule has 1 rings (SSSR count). The fraction of sp³-hybridized carbons (Fsp3) is 0.909. The Labute approximate surface area is 77.1 Å². The summed E-state index contributed by atoms with van der Waals surface area (Å²) in [4.78, 5) is 2.53. The van der Waals surface area contributed by atoms with Crippen molar-refractivity contribution in [3.8, 4) is 0 Å². The summed E-state index contributed by atoms with van der Waals surface area (Å²) in [6, 6.07) is 0. The van der Waals surface area contributed by atoms with Gasteiger partial charge in [0.15, 0.2) is 0 Å². The van der Waals surface area contributed by atoms with Crippen molar-refractivity contribution < 1.29 is 0 Å². The molecule has 0 saturated carbocycles. The lowest BCUT2D eigenvalue weighted by atomic mass is 10.2. The molecule has 1 heteroatoms. The highest BCUT2D eigenvalue weighted by Gasteiger charge is 2.07. The van der Waals surface area contributed by atoms with E-state index in [1.165, 1.54) is 58.0 Å². The van der Waals surface area contributed by atoms with Gasteiger partial charge in [0.25, 0.3) is 0 Å². The molecule has 1 aliphatic rings. The Morgan fingerprint density at radius 2 is 2.08 bits per heavy atom. The molecular weight excluding hydrogens is 146 g/mol. The molecule has 0 amide bonds. The van der Waals surface area contributed by atoms with Gasteiger partial charge in [0.05, 0.1) is 0 Å². The third kappa shape index (κ3) is 4.10. The molecule has 1 fully saturated rings. The predicted molar refractivity (Wildman–Crippen MR) is 53.9 cm³/mol. The van der Waals surface area contributed by atoms with Crippen molar-refractivity contribution in [2.45, 2.75) is 51.9 Å². The van der Waals surface area contributed by atoms with Crippen molar-refractivity contribution in [1.29, 1.82) is 0 Å². The van der Waals surface area contributed by atoms with Crippen LogP contribution in [0.4, 0.5) is 0 Å². The van der Waals surface area contributed by atoms with Gasteiger partial charge in [0.2, 0.25) is 0 Å². The highest BCUT2D eigenvalue weighted by atomic mass is 15.1. The van der Waals surface area contributed by atoms with E-state index in [9.17, 15) is 0 Å². The van der Waals surface area contributed by atoms with Crippen molar-refractivity contribution in [2.24, 2.45) is 0 Å². The van der Waals surface area contributed by atoms with Crippen molar-refractivity contribution in [3.63, 3.8) is 0 Å². The lowest BCUT2D eigenvalue weighted by molar-refractivity contribution is 0.328. The average molecular weight is 168 g/mol. The van der Waals surface area contributed by atoms with Gasteiger partial charge in [-0.05, 0) is 32.4 Å². The molecule has 0 aromatic heterocycles. The summed E-state index contributed by atoms with van der Waals surface area (Å²) >= 11 is 0. The van der Waals surface area contributed by atoms with Gasteiger partial charge in [-0.15, -0.1) is 0 Å². The molecule has 0 N–H and O–H groups in total. The quantitative estimate of drug-likeness (QED) is 0.583. The summed E-state index contributed by atoms with van der Waals surface area (Å²) in [5.74, 6) is 0. The van der Waals surface area contributed by atoms with Crippen molar-refractivity contribution >= 4 is 0 Å². The maximum absolute atomic E-state index is 2.53. The second-order valence-electron chi connectivity index (χ2n) is 3.77. The largest absolute Gasteiger partial charge is 0.299 e. The number of unbranched alkanes of at least 4 members (excludes halogenated alkanes) is 2. The zero-order valence-electron chi connectivity index (χ0n) is 8.39. The van der Waals surface area contributed by atoms with Gasteiger partial charge in [0, 0.05) is 6.54 Å². The fourth-order valence-corrected chi connectivity index (χ4v) is 1.77. The number of likely N-dealkylation sites (tertiary alicyclic amines) is 1. The highest BCUT2D eigenvalue weighted by Crippen LogP contribution is 2.13. The molecule has 12 heavy (non-hydrogen) atoms. The molecule has 1 nitrogen and oxygen atoms in total. The third-order valence-electron chi connectivity index (χ3n) is 2.59. The van der Waals surface area contributed by atoms with Gasteiger partial charge in [-0.2, -0.15) is 0 Å². The monoisotopic (exact) mass is 168 g/mol. The molecule has 1 aliphatic heterocycles. The molecule has 0 atom stereocenters. The van der Waals surface area contributed by atoms with E-state index in [0.717, 1.165) is 0 Å². The van der Waals surface area contributed by atoms with Crippen molar-refractivity contribution in [1.82, 2.24) is 4.90 Å². The molecule has 71 valence electrons. The maximum atomic E-state index is 2.53. The Hall–Kier alpha value is -0.0400. The summed E-state index contributed by atoms with van der Waals surface area (Å²) in [6.45, 7) is 7.30. The first-order valence-corrected chi connectivity index (χ1v) is 5.51. The minimum absolute atomic E-state index is 1.30. The normalized spacial score (nSPS) is 20.8. The van der Waals surface area contributed by atoms with E-state index in [0.29, 0.717) is 0 Å². The van der Waals surface area contributed by atoms with Gasteiger partial charge < -0.3 is 0 Å². The molecule has 0 spiro atoms. The molecular formula is C11H22N. The van der Waals surface area contributed by atoms with Crippen molar-refractivity contribution in [3.05, 3.63) is 6.54 Å². The van der Waals surface area contributed by atoms with Gasteiger partial charge >= 0.3 is 0 Å². The molecule has 0 unspecified atom stereocenters. The Morgan fingerprint density at radius 3 is 2.92 bits per heavy atom. The second-order valence-corrected chi connectivity index (χ2v) is 3.77. The summed E-state index contributed by atoms with van der Waals surface area (Å²) < 4.78 is 0. The fourth-order valence-electron chi connectivity index (χ4n) is 1.77. The number of hydrogen-bond donors (Lipinski definition) is 0.